The molecule has 0 aliphatic carbocycles. The average Bonchev–Trinajstić information content (AvgIpc) is 2.98. The van der Waals surface area contributed by atoms with Crippen molar-refractivity contribution in [3.63, 3.8) is 0 Å². The SMILES string of the molecule is Cc1nc2ccccn2c1C(=O)Nc1cc(N2CCN(C)CC2)ncn1. The van der Waals surface area contributed by atoms with E-state index in [1.54, 1.807) is 4.40 Å². The van der Waals surface area contributed by atoms with Crippen LogP contribution in [0.4, 0.5) is 11.6 Å². The van der Waals surface area contributed by atoms with E-state index >= 15 is 0 Å². The van der Waals surface area contributed by atoms with Crippen LogP contribution in [0.5, 0.6) is 0 Å². The Kier molecular flexibility index (Phi) is 4.26. The normalized spacial score (nSPS) is 15.4. The van der Waals surface area contributed by atoms with Gasteiger partial charge in [-0.2, -0.15) is 0 Å². The zero-order chi connectivity index (χ0) is 18.1. The summed E-state index contributed by atoms with van der Waals surface area (Å²) in [6.07, 6.45) is 3.32. The van der Waals surface area contributed by atoms with Crippen molar-refractivity contribution >= 4 is 23.2 Å². The first-order chi connectivity index (χ1) is 12.6. The molecule has 0 unspecified atom stereocenters. The topological polar surface area (TPSA) is 78.7 Å². The van der Waals surface area contributed by atoms with Crippen LogP contribution in [0.1, 0.15) is 16.2 Å². The van der Waals surface area contributed by atoms with Gasteiger partial charge in [0, 0.05) is 38.4 Å². The van der Waals surface area contributed by atoms with Crippen molar-refractivity contribution in [2.24, 2.45) is 0 Å². The molecule has 3 aromatic heterocycles. The third kappa shape index (κ3) is 3.11. The van der Waals surface area contributed by atoms with Gasteiger partial charge >= 0.3 is 0 Å². The number of likely N-dealkylation sites (N-methyl/N-ethyl adjacent to an activating group) is 1. The number of aromatic nitrogens is 4. The number of anilines is 2. The van der Waals surface area contributed by atoms with Crippen molar-refractivity contribution in [1.29, 1.82) is 0 Å². The number of imidazole rings is 1. The number of rotatable bonds is 3. The van der Waals surface area contributed by atoms with E-state index in [2.05, 4.69) is 37.1 Å². The van der Waals surface area contributed by atoms with Gasteiger partial charge in [-0.25, -0.2) is 15.0 Å². The fourth-order valence-electron chi connectivity index (χ4n) is 3.19. The van der Waals surface area contributed by atoms with Crippen LogP contribution in [0, 0.1) is 6.92 Å². The van der Waals surface area contributed by atoms with E-state index in [0.717, 1.165) is 37.6 Å². The summed E-state index contributed by atoms with van der Waals surface area (Å²) < 4.78 is 1.78. The Bertz CT molecular complexity index is 944. The highest BCUT2D eigenvalue weighted by Gasteiger charge is 2.19. The summed E-state index contributed by atoms with van der Waals surface area (Å²) >= 11 is 0. The van der Waals surface area contributed by atoms with Crippen LogP contribution in [-0.2, 0) is 0 Å². The first-order valence-corrected chi connectivity index (χ1v) is 8.62. The van der Waals surface area contributed by atoms with Crippen molar-refractivity contribution in [1.82, 2.24) is 24.3 Å². The smallest absolute Gasteiger partial charge is 0.275 e. The quantitative estimate of drug-likeness (QED) is 0.769. The van der Waals surface area contributed by atoms with E-state index in [0.29, 0.717) is 17.2 Å². The number of amides is 1. The number of carbonyl (C=O) groups excluding carboxylic acids is 1. The average molecular weight is 351 g/mol. The van der Waals surface area contributed by atoms with Gasteiger partial charge in [0.15, 0.2) is 0 Å². The number of carbonyl (C=O) groups is 1. The fraction of sp³-hybridized carbons (Fsp3) is 0.333. The van der Waals surface area contributed by atoms with E-state index in [1.807, 2.05) is 37.4 Å². The zero-order valence-electron chi connectivity index (χ0n) is 14.9. The highest BCUT2D eigenvalue weighted by atomic mass is 16.2. The fourth-order valence-corrected chi connectivity index (χ4v) is 3.19. The predicted molar refractivity (Wildman–Crippen MR) is 99.6 cm³/mol. The molecule has 1 fully saturated rings. The lowest BCUT2D eigenvalue weighted by Crippen LogP contribution is -2.44. The van der Waals surface area contributed by atoms with Gasteiger partial charge in [0.05, 0.1) is 5.69 Å². The summed E-state index contributed by atoms with van der Waals surface area (Å²) in [5, 5.41) is 2.88. The molecule has 8 nitrogen and oxygen atoms in total. The lowest BCUT2D eigenvalue weighted by molar-refractivity contribution is 0.102. The molecule has 8 heteroatoms. The number of fused-ring (bicyclic) bond motifs is 1. The van der Waals surface area contributed by atoms with E-state index in [-0.39, 0.29) is 5.91 Å². The molecule has 4 rings (SSSR count). The van der Waals surface area contributed by atoms with Gasteiger partial charge in [-0.1, -0.05) is 6.07 Å². The monoisotopic (exact) mass is 351 g/mol. The largest absolute Gasteiger partial charge is 0.354 e. The lowest BCUT2D eigenvalue weighted by atomic mass is 10.3. The minimum Gasteiger partial charge on any atom is -0.354 e. The Morgan fingerprint density at radius 2 is 1.96 bits per heavy atom. The van der Waals surface area contributed by atoms with Gasteiger partial charge in [0.1, 0.15) is 29.3 Å². The molecule has 1 aliphatic heterocycles. The van der Waals surface area contributed by atoms with E-state index in [9.17, 15) is 4.79 Å². The predicted octanol–water partition coefficient (Wildman–Crippen LogP) is 1.44. The van der Waals surface area contributed by atoms with Crippen molar-refractivity contribution in [2.75, 3.05) is 43.4 Å². The highest BCUT2D eigenvalue weighted by Crippen LogP contribution is 2.18. The Hall–Kier alpha value is -3.00. The van der Waals surface area contributed by atoms with Crippen molar-refractivity contribution in [2.45, 2.75) is 6.92 Å². The number of pyridine rings is 1. The van der Waals surface area contributed by atoms with Crippen LogP contribution in [-0.4, -0.2) is 63.4 Å². The molecule has 0 radical (unpaired) electrons. The molecule has 4 heterocycles. The minimum atomic E-state index is -0.232. The Labute approximate surface area is 151 Å². The van der Waals surface area contributed by atoms with Crippen LogP contribution < -0.4 is 10.2 Å². The molecule has 0 saturated carbocycles. The molecule has 26 heavy (non-hydrogen) atoms. The first-order valence-electron chi connectivity index (χ1n) is 8.62. The number of piperazine rings is 1. The molecule has 1 aliphatic rings. The van der Waals surface area contributed by atoms with Gasteiger partial charge in [-0.3, -0.25) is 9.20 Å². The zero-order valence-corrected chi connectivity index (χ0v) is 14.9. The molecule has 0 aromatic carbocycles. The maximum absolute atomic E-state index is 12.8. The van der Waals surface area contributed by atoms with Gasteiger partial charge in [0.2, 0.25) is 0 Å². The van der Waals surface area contributed by atoms with Crippen molar-refractivity contribution in [3.05, 3.63) is 48.2 Å². The van der Waals surface area contributed by atoms with Crippen LogP contribution in [0.2, 0.25) is 0 Å². The molecule has 0 spiro atoms. The van der Waals surface area contributed by atoms with Gasteiger partial charge in [-0.15, -0.1) is 0 Å². The number of aryl methyl sites for hydroxylation is 1. The van der Waals surface area contributed by atoms with E-state index in [1.165, 1.54) is 6.33 Å². The van der Waals surface area contributed by atoms with Gasteiger partial charge in [0.25, 0.3) is 5.91 Å². The molecular formula is C18H21N7O. The lowest BCUT2D eigenvalue weighted by Gasteiger charge is -2.33. The third-order valence-corrected chi connectivity index (χ3v) is 4.64. The Balaban J connectivity index is 1.56. The van der Waals surface area contributed by atoms with Crippen LogP contribution in [0.3, 0.4) is 0 Å². The second-order valence-corrected chi connectivity index (χ2v) is 6.48. The summed E-state index contributed by atoms with van der Waals surface area (Å²) in [5.74, 6) is 1.09. The molecule has 0 atom stereocenters. The molecule has 3 aromatic rings. The van der Waals surface area contributed by atoms with Gasteiger partial charge in [-0.05, 0) is 26.1 Å². The molecule has 1 saturated heterocycles. The summed E-state index contributed by atoms with van der Waals surface area (Å²) in [6.45, 7) is 5.64. The number of hydrogen-bond donors (Lipinski definition) is 1. The standard InChI is InChI=1S/C18H21N7O/c1-13-17(25-6-4-3-5-15(25)21-13)18(26)22-14-11-16(20-12-19-14)24-9-7-23(2)8-10-24/h3-6,11-12H,7-10H2,1-2H3,(H,19,20,22,26). The van der Waals surface area contributed by atoms with Crippen molar-refractivity contribution in [3.8, 4) is 0 Å². The maximum Gasteiger partial charge on any atom is 0.275 e. The second-order valence-electron chi connectivity index (χ2n) is 6.48. The van der Waals surface area contributed by atoms with E-state index in [4.69, 9.17) is 0 Å². The summed E-state index contributed by atoms with van der Waals surface area (Å²) in [6, 6.07) is 7.47. The first kappa shape index (κ1) is 16.5. The minimum absolute atomic E-state index is 0.232. The van der Waals surface area contributed by atoms with Crippen molar-refractivity contribution < 1.29 is 4.79 Å². The number of hydrogen-bond acceptors (Lipinski definition) is 6. The molecule has 1 amide bonds. The molecular weight excluding hydrogens is 330 g/mol. The molecule has 0 bridgehead atoms. The van der Waals surface area contributed by atoms with Crippen LogP contribution in [0.15, 0.2) is 36.8 Å². The Morgan fingerprint density at radius 1 is 1.15 bits per heavy atom. The van der Waals surface area contributed by atoms with Crippen LogP contribution >= 0.6 is 0 Å². The second kappa shape index (κ2) is 6.72. The number of nitrogens with zero attached hydrogens (tertiary/aromatic N) is 6. The Morgan fingerprint density at radius 3 is 2.77 bits per heavy atom. The highest BCUT2D eigenvalue weighted by molar-refractivity contribution is 6.04. The van der Waals surface area contributed by atoms with Crippen LogP contribution in [0.25, 0.3) is 5.65 Å². The summed E-state index contributed by atoms with van der Waals surface area (Å²) in [7, 11) is 2.11. The maximum atomic E-state index is 12.8. The number of nitrogens with one attached hydrogen (secondary N) is 1. The third-order valence-electron chi connectivity index (χ3n) is 4.64. The summed E-state index contributed by atoms with van der Waals surface area (Å²) in [5.41, 5.74) is 1.94. The molecule has 1 N–H and O–H groups in total. The molecule has 134 valence electrons. The van der Waals surface area contributed by atoms with Gasteiger partial charge < -0.3 is 15.1 Å². The van der Waals surface area contributed by atoms with E-state index < -0.39 is 0 Å². The summed E-state index contributed by atoms with van der Waals surface area (Å²) in [4.78, 5) is 30.3.